The molecule has 2 rings (SSSR count). The topological polar surface area (TPSA) is 41.6 Å². The number of rotatable bonds is 7. The molecule has 1 unspecified atom stereocenters. The zero-order valence-corrected chi connectivity index (χ0v) is 15.5. The Hall–Kier alpha value is -2.49. The molecule has 134 valence electrons. The van der Waals surface area contributed by atoms with Crippen LogP contribution in [-0.4, -0.2) is 30.1 Å². The average Bonchev–Trinajstić information content (AvgIpc) is 2.60. The van der Waals surface area contributed by atoms with E-state index >= 15 is 0 Å². The van der Waals surface area contributed by atoms with Gasteiger partial charge in [0.1, 0.15) is 5.75 Å². The van der Waals surface area contributed by atoms with Crippen LogP contribution in [0.5, 0.6) is 5.75 Å². The Kier molecular flexibility index (Phi) is 6.87. The first-order valence-corrected chi connectivity index (χ1v) is 8.73. The van der Waals surface area contributed by atoms with E-state index in [-0.39, 0.29) is 18.1 Å². The van der Waals surface area contributed by atoms with Crippen molar-refractivity contribution in [3.63, 3.8) is 0 Å². The number of hydrogen-bond acceptors (Lipinski definition) is 2. The fourth-order valence-electron chi connectivity index (χ4n) is 2.77. The number of carbonyl (C=O) groups is 1. The van der Waals surface area contributed by atoms with Crippen LogP contribution in [0.2, 0.25) is 0 Å². The van der Waals surface area contributed by atoms with E-state index in [1.54, 1.807) is 7.11 Å². The Balaban J connectivity index is 1.97. The van der Waals surface area contributed by atoms with Crippen LogP contribution in [0.4, 0.5) is 4.79 Å². The molecule has 0 aliphatic carbocycles. The number of carbonyl (C=O) groups excluding carboxylic acids is 1. The molecular weight excluding hydrogens is 312 g/mol. The van der Waals surface area contributed by atoms with Crippen LogP contribution in [0.1, 0.15) is 31.9 Å². The summed E-state index contributed by atoms with van der Waals surface area (Å²) in [5.41, 5.74) is 2.28. The van der Waals surface area contributed by atoms with E-state index < -0.39 is 0 Å². The van der Waals surface area contributed by atoms with Gasteiger partial charge in [0.2, 0.25) is 0 Å². The van der Waals surface area contributed by atoms with Crippen LogP contribution >= 0.6 is 0 Å². The van der Waals surface area contributed by atoms with Crippen LogP contribution in [0.25, 0.3) is 0 Å². The van der Waals surface area contributed by atoms with Gasteiger partial charge >= 0.3 is 6.03 Å². The summed E-state index contributed by atoms with van der Waals surface area (Å²) >= 11 is 0. The summed E-state index contributed by atoms with van der Waals surface area (Å²) in [5.74, 6) is 0.837. The maximum atomic E-state index is 12.7. The quantitative estimate of drug-likeness (QED) is 0.819. The van der Waals surface area contributed by atoms with Gasteiger partial charge in [0, 0.05) is 18.6 Å². The van der Waals surface area contributed by atoms with Crippen molar-refractivity contribution in [3.8, 4) is 5.75 Å². The van der Waals surface area contributed by atoms with Crippen molar-refractivity contribution in [1.82, 2.24) is 10.2 Å². The van der Waals surface area contributed by atoms with Gasteiger partial charge in [0.25, 0.3) is 0 Å². The number of hydrogen-bond donors (Lipinski definition) is 1. The van der Waals surface area contributed by atoms with Crippen molar-refractivity contribution >= 4 is 6.03 Å². The maximum Gasteiger partial charge on any atom is 0.318 e. The van der Waals surface area contributed by atoms with Crippen LogP contribution in [0.15, 0.2) is 54.6 Å². The highest BCUT2D eigenvalue weighted by Crippen LogP contribution is 2.14. The molecule has 2 aromatic rings. The van der Waals surface area contributed by atoms with E-state index in [1.807, 2.05) is 74.2 Å². The van der Waals surface area contributed by atoms with Gasteiger partial charge in [-0.2, -0.15) is 0 Å². The lowest BCUT2D eigenvalue weighted by molar-refractivity contribution is 0.176. The molecule has 0 radical (unpaired) electrons. The van der Waals surface area contributed by atoms with Crippen molar-refractivity contribution in [1.29, 1.82) is 0 Å². The number of methoxy groups -OCH3 is 1. The van der Waals surface area contributed by atoms with Crippen LogP contribution in [-0.2, 0) is 13.0 Å². The largest absolute Gasteiger partial charge is 0.497 e. The molecule has 0 aliphatic rings. The van der Waals surface area contributed by atoms with E-state index in [9.17, 15) is 4.79 Å². The lowest BCUT2D eigenvalue weighted by atomic mass is 10.1. The number of urea groups is 1. The van der Waals surface area contributed by atoms with Gasteiger partial charge in [-0.15, -0.1) is 0 Å². The molecule has 4 nitrogen and oxygen atoms in total. The second kappa shape index (κ2) is 9.11. The highest BCUT2D eigenvalue weighted by molar-refractivity contribution is 5.74. The zero-order valence-electron chi connectivity index (χ0n) is 15.5. The minimum atomic E-state index is -0.0331. The second-order valence-corrected chi connectivity index (χ2v) is 6.61. The molecule has 4 heteroatoms. The fraction of sp³-hybridized carbons (Fsp3) is 0.381. The summed E-state index contributed by atoms with van der Waals surface area (Å²) in [4.78, 5) is 14.6. The van der Waals surface area contributed by atoms with Crippen molar-refractivity contribution in [2.24, 2.45) is 0 Å². The zero-order chi connectivity index (χ0) is 18.2. The number of nitrogens with zero attached hydrogens (tertiary/aromatic N) is 1. The summed E-state index contributed by atoms with van der Waals surface area (Å²) in [6.07, 6.45) is 0.764. The summed E-state index contributed by atoms with van der Waals surface area (Å²) in [6.45, 7) is 6.71. The molecule has 1 atom stereocenters. The van der Waals surface area contributed by atoms with Crippen molar-refractivity contribution < 1.29 is 9.53 Å². The van der Waals surface area contributed by atoms with Crippen LogP contribution in [0.3, 0.4) is 0 Å². The fourth-order valence-corrected chi connectivity index (χ4v) is 2.77. The Bertz CT molecular complexity index is 671. The smallest absolute Gasteiger partial charge is 0.318 e. The highest BCUT2D eigenvalue weighted by atomic mass is 16.5. The Morgan fingerprint density at radius 3 is 2.36 bits per heavy atom. The summed E-state index contributed by atoms with van der Waals surface area (Å²) in [7, 11) is 1.66. The average molecular weight is 340 g/mol. The third-order valence-electron chi connectivity index (χ3n) is 4.13. The number of ether oxygens (including phenoxy) is 1. The predicted molar refractivity (Wildman–Crippen MR) is 102 cm³/mol. The van der Waals surface area contributed by atoms with Gasteiger partial charge in [0.15, 0.2) is 0 Å². The van der Waals surface area contributed by atoms with Gasteiger partial charge in [0.05, 0.1) is 7.11 Å². The monoisotopic (exact) mass is 340 g/mol. The molecule has 0 saturated carbocycles. The highest BCUT2D eigenvalue weighted by Gasteiger charge is 2.19. The molecule has 1 N–H and O–H groups in total. The van der Waals surface area contributed by atoms with Gasteiger partial charge < -0.3 is 15.0 Å². The molecule has 0 aliphatic heterocycles. The van der Waals surface area contributed by atoms with Crippen molar-refractivity contribution in [2.75, 3.05) is 7.11 Å². The van der Waals surface area contributed by atoms with Gasteiger partial charge in [-0.25, -0.2) is 4.79 Å². The van der Waals surface area contributed by atoms with Gasteiger partial charge in [-0.3, -0.25) is 0 Å². The SMILES string of the molecule is COc1cccc(CC(C)NC(=O)N(Cc2ccccc2)C(C)C)c1. The molecule has 0 spiro atoms. The minimum absolute atomic E-state index is 0.0331. The molecule has 0 aromatic heterocycles. The van der Waals surface area contributed by atoms with E-state index in [1.165, 1.54) is 0 Å². The van der Waals surface area contributed by atoms with Crippen LogP contribution in [0, 0.1) is 0 Å². The number of benzene rings is 2. The van der Waals surface area contributed by atoms with Crippen molar-refractivity contribution in [3.05, 3.63) is 65.7 Å². The Morgan fingerprint density at radius 1 is 1.04 bits per heavy atom. The van der Waals surface area contributed by atoms with E-state index in [2.05, 4.69) is 11.4 Å². The maximum absolute atomic E-state index is 12.7. The van der Waals surface area contributed by atoms with E-state index in [0.717, 1.165) is 23.3 Å². The van der Waals surface area contributed by atoms with Gasteiger partial charge in [-0.05, 0) is 50.5 Å². The lowest BCUT2D eigenvalue weighted by Gasteiger charge is -2.29. The standard InChI is InChI=1S/C21H28N2O2/c1-16(2)23(15-18-9-6-5-7-10-18)21(24)22-17(3)13-19-11-8-12-20(14-19)25-4/h5-12,14,16-17H,13,15H2,1-4H3,(H,22,24). The molecule has 0 bridgehead atoms. The molecule has 25 heavy (non-hydrogen) atoms. The molecular formula is C21H28N2O2. The third-order valence-corrected chi connectivity index (χ3v) is 4.13. The van der Waals surface area contributed by atoms with E-state index in [4.69, 9.17) is 4.74 Å². The summed E-state index contributed by atoms with van der Waals surface area (Å²) < 4.78 is 5.26. The Labute approximate surface area is 150 Å². The molecule has 0 fully saturated rings. The first-order chi connectivity index (χ1) is 12.0. The lowest BCUT2D eigenvalue weighted by Crippen LogP contribution is -2.47. The van der Waals surface area contributed by atoms with Crippen molar-refractivity contribution in [2.45, 2.75) is 45.8 Å². The minimum Gasteiger partial charge on any atom is -0.497 e. The summed E-state index contributed by atoms with van der Waals surface area (Å²) in [6, 6.07) is 18.2. The normalized spacial score (nSPS) is 11.9. The van der Waals surface area contributed by atoms with Gasteiger partial charge in [-0.1, -0.05) is 42.5 Å². The Morgan fingerprint density at radius 2 is 1.72 bits per heavy atom. The molecule has 2 amide bonds. The molecule has 2 aromatic carbocycles. The third kappa shape index (κ3) is 5.82. The van der Waals surface area contributed by atoms with Crippen LogP contribution < -0.4 is 10.1 Å². The van der Waals surface area contributed by atoms with E-state index in [0.29, 0.717) is 6.54 Å². The first-order valence-electron chi connectivity index (χ1n) is 8.73. The first kappa shape index (κ1) is 18.8. The predicted octanol–water partition coefficient (Wildman–Crippen LogP) is 4.25. The molecule has 0 heterocycles. The molecule has 0 saturated heterocycles. The summed E-state index contributed by atoms with van der Waals surface area (Å²) in [5, 5.41) is 3.11. The number of amides is 2. The number of nitrogens with one attached hydrogen (secondary N) is 1. The second-order valence-electron chi connectivity index (χ2n) is 6.61.